The summed E-state index contributed by atoms with van der Waals surface area (Å²) in [5, 5.41) is 1.01. The quantitative estimate of drug-likeness (QED) is 0.599. The maximum absolute atomic E-state index is 11.9. The van der Waals surface area contributed by atoms with Crippen LogP contribution in [0.15, 0.2) is 42.5 Å². The van der Waals surface area contributed by atoms with Crippen LogP contribution in [0.3, 0.4) is 0 Å². The SMILES string of the molecule is Cc1ccc(C)c(OCC(=O)NNC(=O)CCCc2nc3ccccc3s2)c1. The molecule has 0 aliphatic rings. The Morgan fingerprint density at radius 3 is 2.68 bits per heavy atom. The first-order valence-corrected chi connectivity index (χ1v) is 9.95. The van der Waals surface area contributed by atoms with Crippen LogP contribution in [0.5, 0.6) is 5.75 Å². The van der Waals surface area contributed by atoms with Gasteiger partial charge >= 0.3 is 0 Å². The molecule has 3 rings (SSSR count). The minimum absolute atomic E-state index is 0.156. The van der Waals surface area contributed by atoms with Crippen LogP contribution in [0.4, 0.5) is 0 Å². The van der Waals surface area contributed by atoms with Gasteiger partial charge in [0.1, 0.15) is 5.75 Å². The molecule has 7 heteroatoms. The summed E-state index contributed by atoms with van der Waals surface area (Å²) in [6.45, 7) is 3.72. The van der Waals surface area contributed by atoms with Crippen LogP contribution in [0.25, 0.3) is 10.2 Å². The van der Waals surface area contributed by atoms with Crippen molar-refractivity contribution in [1.29, 1.82) is 0 Å². The number of nitrogens with one attached hydrogen (secondary N) is 2. The Hall–Kier alpha value is -2.93. The van der Waals surface area contributed by atoms with Crippen molar-refractivity contribution in [2.45, 2.75) is 33.1 Å². The summed E-state index contributed by atoms with van der Waals surface area (Å²) >= 11 is 1.64. The smallest absolute Gasteiger partial charge is 0.276 e. The highest BCUT2D eigenvalue weighted by Crippen LogP contribution is 2.22. The van der Waals surface area contributed by atoms with Crippen molar-refractivity contribution in [2.24, 2.45) is 0 Å². The second-order valence-corrected chi connectivity index (χ2v) is 7.70. The number of thiazole rings is 1. The highest BCUT2D eigenvalue weighted by atomic mass is 32.1. The molecule has 0 saturated carbocycles. The van der Waals surface area contributed by atoms with Crippen LogP contribution >= 0.6 is 11.3 Å². The monoisotopic (exact) mass is 397 g/mol. The van der Waals surface area contributed by atoms with E-state index in [2.05, 4.69) is 15.8 Å². The van der Waals surface area contributed by atoms with E-state index in [1.54, 1.807) is 11.3 Å². The fraction of sp³-hybridized carbons (Fsp3) is 0.286. The fourth-order valence-electron chi connectivity index (χ4n) is 2.67. The third kappa shape index (κ3) is 5.53. The van der Waals surface area contributed by atoms with Crippen LogP contribution in [0.1, 0.15) is 29.0 Å². The van der Waals surface area contributed by atoms with Gasteiger partial charge in [0.2, 0.25) is 5.91 Å². The lowest BCUT2D eigenvalue weighted by Gasteiger charge is -2.11. The molecule has 2 N–H and O–H groups in total. The van der Waals surface area contributed by atoms with E-state index >= 15 is 0 Å². The zero-order valence-corrected chi connectivity index (χ0v) is 16.8. The first-order valence-electron chi connectivity index (χ1n) is 9.13. The number of hydrogen-bond donors (Lipinski definition) is 2. The first-order chi connectivity index (χ1) is 13.5. The van der Waals surface area contributed by atoms with E-state index in [0.29, 0.717) is 18.6 Å². The van der Waals surface area contributed by atoms with Crippen molar-refractivity contribution in [3.05, 3.63) is 58.6 Å². The largest absolute Gasteiger partial charge is 0.483 e. The van der Waals surface area contributed by atoms with Gasteiger partial charge in [0.15, 0.2) is 6.61 Å². The molecule has 0 radical (unpaired) electrons. The second kappa shape index (κ2) is 9.32. The van der Waals surface area contributed by atoms with Crippen LogP contribution in [0.2, 0.25) is 0 Å². The molecule has 28 heavy (non-hydrogen) atoms. The van der Waals surface area contributed by atoms with Crippen molar-refractivity contribution in [3.8, 4) is 5.75 Å². The number of fused-ring (bicyclic) bond motifs is 1. The van der Waals surface area contributed by atoms with Gasteiger partial charge in [0, 0.05) is 6.42 Å². The maximum Gasteiger partial charge on any atom is 0.276 e. The van der Waals surface area contributed by atoms with E-state index in [0.717, 1.165) is 32.8 Å². The van der Waals surface area contributed by atoms with Gasteiger partial charge in [0.25, 0.3) is 5.91 Å². The molecular weight excluding hydrogens is 374 g/mol. The number of rotatable bonds is 7. The molecule has 2 aromatic carbocycles. The Balaban J connectivity index is 1.35. The molecule has 0 aliphatic carbocycles. The number of carbonyl (C=O) groups is 2. The Morgan fingerprint density at radius 1 is 1.07 bits per heavy atom. The summed E-state index contributed by atoms with van der Waals surface area (Å²) in [7, 11) is 0. The number of aromatic nitrogens is 1. The number of benzene rings is 2. The Bertz CT molecular complexity index is 951. The Labute approximate surface area is 167 Å². The van der Waals surface area contributed by atoms with Gasteiger partial charge in [-0.05, 0) is 56.0 Å². The van der Waals surface area contributed by atoms with Gasteiger partial charge < -0.3 is 4.74 Å². The van der Waals surface area contributed by atoms with Crippen molar-refractivity contribution in [1.82, 2.24) is 15.8 Å². The van der Waals surface area contributed by atoms with E-state index in [1.807, 2.05) is 56.3 Å². The van der Waals surface area contributed by atoms with Gasteiger partial charge in [-0.25, -0.2) is 4.98 Å². The normalized spacial score (nSPS) is 10.6. The van der Waals surface area contributed by atoms with Gasteiger partial charge in [0.05, 0.1) is 15.2 Å². The van der Waals surface area contributed by atoms with Gasteiger partial charge in [-0.2, -0.15) is 0 Å². The molecule has 0 aliphatic heterocycles. The topological polar surface area (TPSA) is 80.3 Å². The molecule has 1 aromatic heterocycles. The molecular formula is C21H23N3O3S. The van der Waals surface area contributed by atoms with Crippen molar-refractivity contribution in [3.63, 3.8) is 0 Å². The number of ether oxygens (including phenoxy) is 1. The standard InChI is InChI=1S/C21H23N3O3S/c1-14-10-11-15(2)17(12-14)27-13-20(26)24-23-19(25)8-5-9-21-22-16-6-3-4-7-18(16)28-21/h3-4,6-7,10-12H,5,8-9,13H2,1-2H3,(H,23,25)(H,24,26). The number of aryl methyl sites for hydroxylation is 3. The van der Waals surface area contributed by atoms with Gasteiger partial charge in [-0.3, -0.25) is 20.4 Å². The van der Waals surface area contributed by atoms with Crippen molar-refractivity contribution >= 4 is 33.4 Å². The molecule has 0 atom stereocenters. The summed E-state index contributed by atoms with van der Waals surface area (Å²) in [5.41, 5.74) is 7.81. The van der Waals surface area contributed by atoms with E-state index < -0.39 is 5.91 Å². The predicted molar refractivity (Wildman–Crippen MR) is 110 cm³/mol. The fourth-order valence-corrected chi connectivity index (χ4v) is 3.68. The number of hydrogen-bond acceptors (Lipinski definition) is 5. The third-order valence-electron chi connectivity index (χ3n) is 4.18. The zero-order valence-electron chi connectivity index (χ0n) is 16.0. The summed E-state index contributed by atoms with van der Waals surface area (Å²) in [6.07, 6.45) is 1.71. The molecule has 6 nitrogen and oxygen atoms in total. The van der Waals surface area contributed by atoms with E-state index in [4.69, 9.17) is 4.74 Å². The van der Waals surface area contributed by atoms with E-state index in [9.17, 15) is 9.59 Å². The minimum Gasteiger partial charge on any atom is -0.483 e. The van der Waals surface area contributed by atoms with Crippen LogP contribution in [-0.4, -0.2) is 23.4 Å². The van der Waals surface area contributed by atoms with Crippen LogP contribution in [-0.2, 0) is 16.0 Å². The highest BCUT2D eigenvalue weighted by Gasteiger charge is 2.08. The average molecular weight is 398 g/mol. The molecule has 2 amide bonds. The lowest BCUT2D eigenvalue weighted by Crippen LogP contribution is -2.43. The lowest BCUT2D eigenvalue weighted by molar-refractivity contribution is -0.130. The molecule has 0 fully saturated rings. The van der Waals surface area contributed by atoms with Crippen molar-refractivity contribution in [2.75, 3.05) is 6.61 Å². The molecule has 1 heterocycles. The van der Waals surface area contributed by atoms with E-state index in [-0.39, 0.29) is 12.5 Å². The number of carbonyl (C=O) groups excluding carboxylic acids is 2. The zero-order chi connectivity index (χ0) is 19.9. The molecule has 0 saturated heterocycles. The summed E-state index contributed by atoms with van der Waals surface area (Å²) in [4.78, 5) is 28.3. The maximum atomic E-state index is 11.9. The van der Waals surface area contributed by atoms with Gasteiger partial charge in [-0.15, -0.1) is 11.3 Å². The summed E-state index contributed by atoms with van der Waals surface area (Å²) in [5.74, 6) is 0.0268. The Kier molecular flexibility index (Phi) is 6.60. The minimum atomic E-state index is -0.402. The number of hydrazine groups is 1. The molecule has 0 bridgehead atoms. The average Bonchev–Trinajstić information content (AvgIpc) is 3.10. The third-order valence-corrected chi connectivity index (χ3v) is 5.27. The van der Waals surface area contributed by atoms with Crippen molar-refractivity contribution < 1.29 is 14.3 Å². The first kappa shape index (κ1) is 19.8. The van der Waals surface area contributed by atoms with Crippen LogP contribution < -0.4 is 15.6 Å². The number of amides is 2. The van der Waals surface area contributed by atoms with Crippen LogP contribution in [0, 0.1) is 13.8 Å². The number of para-hydroxylation sites is 1. The Morgan fingerprint density at radius 2 is 1.86 bits per heavy atom. The van der Waals surface area contributed by atoms with Gasteiger partial charge in [-0.1, -0.05) is 24.3 Å². The molecule has 3 aromatic rings. The molecule has 146 valence electrons. The van der Waals surface area contributed by atoms with E-state index in [1.165, 1.54) is 0 Å². The predicted octanol–water partition coefficient (Wildman–Crippen LogP) is 3.46. The summed E-state index contributed by atoms with van der Waals surface area (Å²) in [6, 6.07) is 13.8. The molecule has 0 unspecified atom stereocenters. The number of nitrogens with zero attached hydrogens (tertiary/aromatic N) is 1. The second-order valence-electron chi connectivity index (χ2n) is 6.58. The highest BCUT2D eigenvalue weighted by molar-refractivity contribution is 7.18. The lowest BCUT2D eigenvalue weighted by atomic mass is 10.1. The summed E-state index contributed by atoms with van der Waals surface area (Å²) < 4.78 is 6.66. The molecule has 0 spiro atoms.